The third-order valence-electron chi connectivity index (χ3n) is 5.95. The predicted molar refractivity (Wildman–Crippen MR) is 115 cm³/mol. The van der Waals surface area contributed by atoms with Crippen LogP contribution in [0.2, 0.25) is 0 Å². The predicted octanol–water partition coefficient (Wildman–Crippen LogP) is 1.93. The molecule has 2 unspecified atom stereocenters. The molecule has 162 valence electrons. The summed E-state index contributed by atoms with van der Waals surface area (Å²) < 4.78 is 6.90. The second-order valence-corrected chi connectivity index (χ2v) is 9.35. The Bertz CT molecular complexity index is 1010. The molecule has 2 aliphatic rings. The Morgan fingerprint density at radius 2 is 2.17 bits per heavy atom. The van der Waals surface area contributed by atoms with E-state index in [1.807, 2.05) is 4.90 Å². The van der Waals surface area contributed by atoms with Crippen molar-refractivity contribution < 1.29 is 14.3 Å². The minimum absolute atomic E-state index is 0.0235. The number of thiophene rings is 1. The van der Waals surface area contributed by atoms with E-state index in [1.165, 1.54) is 22.2 Å². The minimum Gasteiger partial charge on any atom is -0.376 e. The zero-order valence-corrected chi connectivity index (χ0v) is 18.3. The molecule has 0 radical (unpaired) electrons. The summed E-state index contributed by atoms with van der Waals surface area (Å²) in [5.74, 6) is 0.206. The number of ether oxygens (including phenoxy) is 1. The van der Waals surface area contributed by atoms with Crippen molar-refractivity contribution in [3.05, 3.63) is 27.1 Å². The van der Waals surface area contributed by atoms with Crippen molar-refractivity contribution in [2.24, 2.45) is 5.92 Å². The lowest BCUT2D eigenvalue weighted by molar-refractivity contribution is -0.133. The summed E-state index contributed by atoms with van der Waals surface area (Å²) in [6.07, 6.45) is 5.56. The van der Waals surface area contributed by atoms with E-state index >= 15 is 0 Å². The first kappa shape index (κ1) is 21.0. The average molecular weight is 433 g/mol. The highest BCUT2D eigenvalue weighted by Gasteiger charge is 2.24. The molecule has 2 fully saturated rings. The van der Waals surface area contributed by atoms with Crippen molar-refractivity contribution in [1.29, 1.82) is 0 Å². The molecule has 1 N–H and O–H groups in total. The molecule has 2 amide bonds. The maximum Gasteiger partial charge on any atom is 0.262 e. The van der Waals surface area contributed by atoms with Crippen LogP contribution < -0.4 is 10.9 Å². The number of carbonyl (C=O) groups excluding carboxylic acids is 2. The molecule has 2 saturated heterocycles. The fourth-order valence-electron chi connectivity index (χ4n) is 4.24. The number of hydrogen-bond acceptors (Lipinski definition) is 6. The lowest BCUT2D eigenvalue weighted by atomic mass is 10.0. The molecule has 0 aromatic carbocycles. The Kier molecular flexibility index (Phi) is 6.19. The second kappa shape index (κ2) is 8.85. The highest BCUT2D eigenvalue weighted by Crippen LogP contribution is 2.27. The van der Waals surface area contributed by atoms with Crippen molar-refractivity contribution in [2.75, 3.05) is 26.2 Å². The number of aromatic nitrogens is 2. The van der Waals surface area contributed by atoms with Gasteiger partial charge in [0.05, 0.1) is 22.7 Å². The topological polar surface area (TPSA) is 93.5 Å². The van der Waals surface area contributed by atoms with Gasteiger partial charge in [-0.25, -0.2) is 4.98 Å². The van der Waals surface area contributed by atoms with E-state index in [1.54, 1.807) is 6.92 Å². The molecule has 2 aromatic rings. The van der Waals surface area contributed by atoms with Crippen LogP contribution in [0.4, 0.5) is 0 Å². The van der Waals surface area contributed by atoms with Crippen LogP contribution in [0.5, 0.6) is 0 Å². The number of fused-ring (bicyclic) bond motifs is 1. The SMILES string of the molecule is Cc1c(C(=O)NCC2CCCO2)sc2ncn(CC(=O)N3CCCC(C)C3)c(=O)c12. The van der Waals surface area contributed by atoms with Crippen LogP contribution in [-0.4, -0.2) is 58.6 Å². The molecule has 0 aliphatic carbocycles. The van der Waals surface area contributed by atoms with Gasteiger partial charge >= 0.3 is 0 Å². The van der Waals surface area contributed by atoms with Crippen LogP contribution >= 0.6 is 11.3 Å². The van der Waals surface area contributed by atoms with Gasteiger partial charge in [0.2, 0.25) is 5.91 Å². The molecule has 30 heavy (non-hydrogen) atoms. The molecule has 4 heterocycles. The Balaban J connectivity index is 1.52. The summed E-state index contributed by atoms with van der Waals surface area (Å²) in [4.78, 5) is 45.6. The van der Waals surface area contributed by atoms with Crippen LogP contribution in [0.3, 0.4) is 0 Å². The molecule has 8 nitrogen and oxygen atoms in total. The largest absolute Gasteiger partial charge is 0.376 e. The first-order chi connectivity index (χ1) is 14.4. The molecule has 2 atom stereocenters. The van der Waals surface area contributed by atoms with Crippen LogP contribution in [0.1, 0.15) is 47.8 Å². The van der Waals surface area contributed by atoms with Crippen molar-refractivity contribution in [3.8, 4) is 0 Å². The first-order valence-corrected chi connectivity index (χ1v) is 11.4. The molecule has 2 aliphatic heterocycles. The Labute approximate surface area is 179 Å². The van der Waals surface area contributed by atoms with Gasteiger partial charge in [0.1, 0.15) is 11.4 Å². The van der Waals surface area contributed by atoms with Gasteiger partial charge in [-0.1, -0.05) is 6.92 Å². The molecule has 0 bridgehead atoms. The lowest BCUT2D eigenvalue weighted by Crippen LogP contribution is -2.42. The summed E-state index contributed by atoms with van der Waals surface area (Å²) in [5, 5.41) is 3.33. The van der Waals surface area contributed by atoms with Crippen molar-refractivity contribution in [1.82, 2.24) is 19.8 Å². The third kappa shape index (κ3) is 4.27. The van der Waals surface area contributed by atoms with E-state index in [0.29, 0.717) is 33.1 Å². The zero-order chi connectivity index (χ0) is 21.3. The smallest absolute Gasteiger partial charge is 0.262 e. The van der Waals surface area contributed by atoms with Crippen LogP contribution in [0.25, 0.3) is 10.2 Å². The van der Waals surface area contributed by atoms with E-state index in [2.05, 4.69) is 17.2 Å². The van der Waals surface area contributed by atoms with Gasteiger partial charge in [-0.2, -0.15) is 0 Å². The van der Waals surface area contributed by atoms with E-state index in [-0.39, 0.29) is 30.0 Å². The van der Waals surface area contributed by atoms with Crippen LogP contribution in [0.15, 0.2) is 11.1 Å². The van der Waals surface area contributed by atoms with Gasteiger partial charge in [0.15, 0.2) is 0 Å². The fraction of sp³-hybridized carbons (Fsp3) is 0.619. The average Bonchev–Trinajstić information content (AvgIpc) is 3.36. The van der Waals surface area contributed by atoms with Gasteiger partial charge in [-0.15, -0.1) is 11.3 Å². The number of hydrogen-bond donors (Lipinski definition) is 1. The molecule has 4 rings (SSSR count). The van der Waals surface area contributed by atoms with Gasteiger partial charge in [0, 0.05) is 26.2 Å². The lowest BCUT2D eigenvalue weighted by Gasteiger charge is -2.31. The highest BCUT2D eigenvalue weighted by atomic mass is 32.1. The molecule has 0 saturated carbocycles. The first-order valence-electron chi connectivity index (χ1n) is 10.6. The van der Waals surface area contributed by atoms with Crippen molar-refractivity contribution in [2.45, 2.75) is 52.2 Å². The minimum atomic E-state index is -0.273. The zero-order valence-electron chi connectivity index (χ0n) is 17.5. The Morgan fingerprint density at radius 3 is 2.90 bits per heavy atom. The monoisotopic (exact) mass is 432 g/mol. The maximum absolute atomic E-state index is 13.0. The van der Waals surface area contributed by atoms with E-state index in [9.17, 15) is 14.4 Å². The van der Waals surface area contributed by atoms with Crippen LogP contribution in [0, 0.1) is 12.8 Å². The van der Waals surface area contributed by atoms with Crippen molar-refractivity contribution in [3.63, 3.8) is 0 Å². The summed E-state index contributed by atoms with van der Waals surface area (Å²) in [6.45, 7) is 6.55. The van der Waals surface area contributed by atoms with Gasteiger partial charge in [-0.05, 0) is 44.1 Å². The number of nitrogens with zero attached hydrogens (tertiary/aromatic N) is 3. The molecule has 9 heteroatoms. The van der Waals surface area contributed by atoms with E-state index < -0.39 is 0 Å². The van der Waals surface area contributed by atoms with E-state index in [4.69, 9.17) is 4.74 Å². The van der Waals surface area contributed by atoms with Gasteiger partial charge < -0.3 is 15.0 Å². The number of amides is 2. The highest BCUT2D eigenvalue weighted by molar-refractivity contribution is 7.20. The number of nitrogens with one attached hydrogen (secondary N) is 1. The third-order valence-corrected chi connectivity index (χ3v) is 7.15. The number of rotatable bonds is 5. The Morgan fingerprint density at radius 1 is 1.33 bits per heavy atom. The quantitative estimate of drug-likeness (QED) is 0.779. The molecule has 0 spiro atoms. The number of aryl methyl sites for hydroxylation is 1. The summed E-state index contributed by atoms with van der Waals surface area (Å²) in [7, 11) is 0. The van der Waals surface area contributed by atoms with E-state index in [0.717, 1.165) is 45.4 Å². The molecule has 2 aromatic heterocycles. The summed E-state index contributed by atoms with van der Waals surface area (Å²) in [5.41, 5.74) is 0.344. The standard InChI is InChI=1S/C21H28N4O4S/c1-13-5-3-7-24(10-13)16(26)11-25-12-23-20-17(21(25)28)14(2)18(30-20)19(27)22-9-15-6-4-8-29-15/h12-13,15H,3-11H2,1-2H3,(H,22,27). The van der Waals surface area contributed by atoms with Gasteiger partial charge in [0.25, 0.3) is 11.5 Å². The number of piperidine rings is 1. The van der Waals surface area contributed by atoms with Crippen LogP contribution in [-0.2, 0) is 16.1 Å². The Hall–Kier alpha value is -2.26. The normalized spacial score (nSPS) is 21.9. The summed E-state index contributed by atoms with van der Waals surface area (Å²) >= 11 is 1.21. The summed E-state index contributed by atoms with van der Waals surface area (Å²) in [6, 6.07) is 0. The van der Waals surface area contributed by atoms with Gasteiger partial charge in [-0.3, -0.25) is 19.0 Å². The maximum atomic E-state index is 13.0. The molecular weight excluding hydrogens is 404 g/mol. The van der Waals surface area contributed by atoms with Crippen molar-refractivity contribution >= 4 is 33.4 Å². The molecular formula is C21H28N4O4S. The number of carbonyl (C=O) groups is 2. The fourth-order valence-corrected chi connectivity index (χ4v) is 5.30. The second-order valence-electron chi connectivity index (χ2n) is 8.35. The number of likely N-dealkylation sites (tertiary alicyclic amines) is 1.